The second-order valence-corrected chi connectivity index (χ2v) is 10.6. The van der Waals surface area contributed by atoms with Crippen molar-refractivity contribution in [3.8, 4) is 0 Å². The molecule has 0 radical (unpaired) electrons. The summed E-state index contributed by atoms with van der Waals surface area (Å²) in [6, 6.07) is 18.6. The van der Waals surface area contributed by atoms with Gasteiger partial charge in [-0.25, -0.2) is 0 Å². The predicted molar refractivity (Wildman–Crippen MR) is 142 cm³/mol. The monoisotopic (exact) mass is 479 g/mol. The lowest BCUT2D eigenvalue weighted by Crippen LogP contribution is -2.47. The summed E-state index contributed by atoms with van der Waals surface area (Å²) in [5.41, 5.74) is 4.49. The molecule has 1 aliphatic heterocycles. The summed E-state index contributed by atoms with van der Waals surface area (Å²) in [4.78, 5) is 20.7. The van der Waals surface area contributed by atoms with Crippen LogP contribution in [-0.4, -0.2) is 54.7 Å². The largest absolute Gasteiger partial charge is 0.313 e. The molecule has 0 bridgehead atoms. The normalized spacial score (nSPS) is 16.0. The van der Waals surface area contributed by atoms with E-state index in [0.29, 0.717) is 5.56 Å². The first-order valence-corrected chi connectivity index (χ1v) is 13.6. The number of nitrogens with one attached hydrogen (secondary N) is 1. The van der Waals surface area contributed by atoms with E-state index in [1.165, 1.54) is 26.5 Å². The number of amides is 1. The number of anilines is 1. The maximum absolute atomic E-state index is 13.1. The third-order valence-corrected chi connectivity index (χ3v) is 8.50. The van der Waals surface area contributed by atoms with Crippen molar-refractivity contribution in [3.63, 3.8) is 0 Å². The van der Waals surface area contributed by atoms with E-state index in [9.17, 15) is 4.79 Å². The number of hydrogen-bond donors (Lipinski definition) is 1. The summed E-state index contributed by atoms with van der Waals surface area (Å²) in [5, 5.41) is 4.23. The van der Waals surface area contributed by atoms with Crippen molar-refractivity contribution in [3.05, 3.63) is 81.7 Å². The molecule has 1 amide bonds. The van der Waals surface area contributed by atoms with Crippen LogP contribution in [-0.2, 0) is 0 Å². The zero-order valence-corrected chi connectivity index (χ0v) is 21.6. The molecule has 1 fully saturated rings. The van der Waals surface area contributed by atoms with Gasteiger partial charge in [0, 0.05) is 47.1 Å². The predicted octanol–water partition coefficient (Wildman–Crippen LogP) is 6.07. The summed E-state index contributed by atoms with van der Waals surface area (Å²) in [6.07, 6.45) is 2.11. The molecular formula is C27H33N3OS2. The summed E-state index contributed by atoms with van der Waals surface area (Å²) >= 11 is 3.46. The van der Waals surface area contributed by atoms with Crippen LogP contribution in [0, 0.1) is 13.8 Å². The van der Waals surface area contributed by atoms with E-state index in [2.05, 4.69) is 66.4 Å². The number of rotatable bonds is 7. The van der Waals surface area contributed by atoms with Crippen molar-refractivity contribution >= 4 is 34.0 Å². The van der Waals surface area contributed by atoms with Gasteiger partial charge in [-0.05, 0) is 62.0 Å². The molecule has 1 saturated heterocycles. The number of thiophene rings is 1. The van der Waals surface area contributed by atoms with Gasteiger partial charge in [0.25, 0.3) is 5.91 Å². The average molecular weight is 480 g/mol. The van der Waals surface area contributed by atoms with Crippen LogP contribution in [0.3, 0.4) is 0 Å². The van der Waals surface area contributed by atoms with Crippen LogP contribution < -0.4 is 5.32 Å². The number of carbonyl (C=O) groups is 1. The Morgan fingerprint density at radius 1 is 1.03 bits per heavy atom. The molecule has 4 rings (SSSR count). The van der Waals surface area contributed by atoms with Gasteiger partial charge in [0.1, 0.15) is 5.00 Å². The summed E-state index contributed by atoms with van der Waals surface area (Å²) in [5.74, 6) is -0.0506. The molecule has 2 aromatic carbocycles. The third-order valence-electron chi connectivity index (χ3n) is 6.62. The number of carbonyl (C=O) groups excluding carboxylic acids is 1. The maximum Gasteiger partial charge on any atom is 0.256 e. The minimum atomic E-state index is -0.0506. The highest BCUT2D eigenvalue weighted by Gasteiger charge is 2.31. The number of nitrogens with zero attached hydrogens (tertiary/aromatic N) is 2. The number of aryl methyl sites for hydroxylation is 1. The molecule has 1 aliphatic rings. The fourth-order valence-corrected chi connectivity index (χ4v) is 6.01. The zero-order valence-electron chi connectivity index (χ0n) is 19.9. The summed E-state index contributed by atoms with van der Waals surface area (Å²) < 4.78 is 0. The Hall–Kier alpha value is -2.12. The number of piperazine rings is 1. The molecule has 6 heteroatoms. The topological polar surface area (TPSA) is 35.6 Å². The molecule has 1 atom stereocenters. The minimum absolute atomic E-state index is 0.0506. The second-order valence-electron chi connectivity index (χ2n) is 8.49. The van der Waals surface area contributed by atoms with Crippen molar-refractivity contribution in [1.29, 1.82) is 0 Å². The Morgan fingerprint density at radius 3 is 2.30 bits per heavy atom. The van der Waals surface area contributed by atoms with Crippen LogP contribution in [0.4, 0.5) is 5.00 Å². The standard InChI is InChI=1S/C27H33N3OS2/c1-5-29-15-17-30(18-16-29)25(21-11-13-23(32-4)14-12-21)24-19(2)20(3)33-27(24)28-26(31)22-9-7-6-8-10-22/h6-14,25H,5,15-18H2,1-4H3,(H,28,31)/t25-/m1/s1. The Labute approximate surface area is 206 Å². The van der Waals surface area contributed by atoms with Crippen LogP contribution in [0.1, 0.15) is 44.9 Å². The quantitative estimate of drug-likeness (QED) is 0.418. The van der Waals surface area contributed by atoms with Crippen LogP contribution in [0.5, 0.6) is 0 Å². The lowest BCUT2D eigenvalue weighted by atomic mass is 9.94. The Balaban J connectivity index is 1.73. The smallest absolute Gasteiger partial charge is 0.256 e. The van der Waals surface area contributed by atoms with Gasteiger partial charge in [0.15, 0.2) is 0 Å². The van der Waals surface area contributed by atoms with E-state index >= 15 is 0 Å². The van der Waals surface area contributed by atoms with Crippen molar-refractivity contribution < 1.29 is 4.79 Å². The fraction of sp³-hybridized carbons (Fsp3) is 0.370. The van der Waals surface area contributed by atoms with Crippen LogP contribution in [0.25, 0.3) is 0 Å². The molecule has 1 N–H and O–H groups in total. The van der Waals surface area contributed by atoms with Crippen LogP contribution in [0.2, 0.25) is 0 Å². The van der Waals surface area contributed by atoms with E-state index < -0.39 is 0 Å². The van der Waals surface area contributed by atoms with Gasteiger partial charge in [-0.1, -0.05) is 37.3 Å². The molecule has 1 aromatic heterocycles. The number of thioether (sulfide) groups is 1. The molecule has 3 aromatic rings. The SMILES string of the molecule is CCN1CCN([C@H](c2ccc(SC)cc2)c2c(NC(=O)c3ccccc3)sc(C)c2C)CC1. The number of benzene rings is 2. The van der Waals surface area contributed by atoms with E-state index in [-0.39, 0.29) is 11.9 Å². The van der Waals surface area contributed by atoms with Gasteiger partial charge in [-0.15, -0.1) is 23.1 Å². The lowest BCUT2D eigenvalue weighted by Gasteiger charge is -2.39. The van der Waals surface area contributed by atoms with Gasteiger partial charge >= 0.3 is 0 Å². The first-order valence-electron chi connectivity index (χ1n) is 11.6. The van der Waals surface area contributed by atoms with Gasteiger partial charge in [-0.3, -0.25) is 9.69 Å². The first kappa shape index (κ1) is 24.0. The lowest BCUT2D eigenvalue weighted by molar-refractivity contribution is 0.102. The molecule has 33 heavy (non-hydrogen) atoms. The highest BCUT2D eigenvalue weighted by Crippen LogP contribution is 2.43. The van der Waals surface area contributed by atoms with Crippen LogP contribution in [0.15, 0.2) is 59.5 Å². The maximum atomic E-state index is 13.1. The Kier molecular flexibility index (Phi) is 7.91. The molecule has 0 unspecified atom stereocenters. The summed E-state index contributed by atoms with van der Waals surface area (Å²) in [7, 11) is 0. The van der Waals surface area contributed by atoms with E-state index in [4.69, 9.17) is 0 Å². The van der Waals surface area contributed by atoms with Gasteiger partial charge < -0.3 is 10.2 Å². The highest BCUT2D eigenvalue weighted by atomic mass is 32.2. The molecule has 0 aliphatic carbocycles. The zero-order chi connectivity index (χ0) is 23.4. The van der Waals surface area contributed by atoms with Crippen molar-refractivity contribution in [2.24, 2.45) is 0 Å². The molecule has 174 valence electrons. The Bertz CT molecular complexity index is 1070. The van der Waals surface area contributed by atoms with Crippen LogP contribution >= 0.6 is 23.1 Å². The van der Waals surface area contributed by atoms with Crippen molar-refractivity contribution in [2.45, 2.75) is 31.7 Å². The average Bonchev–Trinajstić information content (AvgIpc) is 3.13. The first-order chi connectivity index (χ1) is 16.0. The summed E-state index contributed by atoms with van der Waals surface area (Å²) in [6.45, 7) is 11.9. The number of hydrogen-bond acceptors (Lipinski definition) is 5. The third kappa shape index (κ3) is 5.35. The van der Waals surface area contributed by atoms with Crippen molar-refractivity contribution in [2.75, 3.05) is 44.3 Å². The highest BCUT2D eigenvalue weighted by molar-refractivity contribution is 7.98. The van der Waals surface area contributed by atoms with E-state index in [0.717, 1.165) is 37.7 Å². The van der Waals surface area contributed by atoms with Gasteiger partial charge in [0.05, 0.1) is 6.04 Å². The molecule has 4 nitrogen and oxygen atoms in total. The molecule has 2 heterocycles. The molecular weight excluding hydrogens is 446 g/mol. The Morgan fingerprint density at radius 2 is 1.70 bits per heavy atom. The molecule has 0 spiro atoms. The molecule has 0 saturated carbocycles. The fourth-order valence-electron chi connectivity index (χ4n) is 4.52. The van der Waals surface area contributed by atoms with E-state index in [1.807, 2.05) is 30.3 Å². The van der Waals surface area contributed by atoms with Gasteiger partial charge in [-0.2, -0.15) is 0 Å². The number of likely N-dealkylation sites (N-methyl/N-ethyl adjacent to an activating group) is 1. The van der Waals surface area contributed by atoms with Crippen molar-refractivity contribution in [1.82, 2.24) is 9.80 Å². The van der Waals surface area contributed by atoms with E-state index in [1.54, 1.807) is 23.1 Å². The second kappa shape index (κ2) is 10.9. The van der Waals surface area contributed by atoms with Gasteiger partial charge in [0.2, 0.25) is 0 Å². The minimum Gasteiger partial charge on any atom is -0.313 e.